The number of methoxy groups -OCH3 is 1. The van der Waals surface area contributed by atoms with Crippen molar-refractivity contribution in [3.63, 3.8) is 0 Å². The molecule has 5 nitrogen and oxygen atoms in total. The highest BCUT2D eigenvalue weighted by atomic mass is 19.4. The summed E-state index contributed by atoms with van der Waals surface area (Å²) in [6.45, 7) is 3.57. The quantitative estimate of drug-likeness (QED) is 0.797. The SMILES string of the molecule is COC(=O)c1cc(C(C)C)n2nc(C(F)(F)F)cc2n1. The number of ether oxygens (including phenoxy) is 1. The van der Waals surface area contributed by atoms with Gasteiger partial charge in [-0.15, -0.1) is 0 Å². The van der Waals surface area contributed by atoms with Crippen LogP contribution in [0, 0.1) is 0 Å². The lowest BCUT2D eigenvalue weighted by Crippen LogP contribution is -2.11. The number of carbonyl (C=O) groups excluding carboxylic acids is 1. The van der Waals surface area contributed by atoms with Gasteiger partial charge in [0.1, 0.15) is 0 Å². The molecule has 0 saturated carbocycles. The van der Waals surface area contributed by atoms with Crippen molar-refractivity contribution in [2.45, 2.75) is 25.9 Å². The van der Waals surface area contributed by atoms with Crippen LogP contribution in [0.25, 0.3) is 5.65 Å². The molecular formula is C12H12F3N3O2. The smallest absolute Gasteiger partial charge is 0.435 e. The predicted molar refractivity (Wildman–Crippen MR) is 63.4 cm³/mol. The maximum absolute atomic E-state index is 12.7. The van der Waals surface area contributed by atoms with Crippen LogP contribution in [0.3, 0.4) is 0 Å². The Balaban J connectivity index is 2.71. The van der Waals surface area contributed by atoms with Gasteiger partial charge in [-0.05, 0) is 12.0 Å². The third-order valence-electron chi connectivity index (χ3n) is 2.73. The molecule has 0 aliphatic rings. The van der Waals surface area contributed by atoms with Gasteiger partial charge in [-0.1, -0.05) is 13.8 Å². The minimum Gasteiger partial charge on any atom is -0.464 e. The molecule has 20 heavy (non-hydrogen) atoms. The molecule has 108 valence electrons. The lowest BCUT2D eigenvalue weighted by atomic mass is 10.1. The maximum atomic E-state index is 12.7. The zero-order chi connectivity index (χ0) is 15.1. The fourth-order valence-corrected chi connectivity index (χ4v) is 1.76. The highest BCUT2D eigenvalue weighted by Gasteiger charge is 2.35. The number of nitrogens with zero attached hydrogens (tertiary/aromatic N) is 3. The van der Waals surface area contributed by atoms with Crippen LogP contribution in [0.5, 0.6) is 0 Å². The number of hydrogen-bond donors (Lipinski definition) is 0. The number of esters is 1. The van der Waals surface area contributed by atoms with Crippen molar-refractivity contribution < 1.29 is 22.7 Å². The van der Waals surface area contributed by atoms with Crippen LogP contribution in [0.1, 0.15) is 41.6 Å². The average Bonchev–Trinajstić information content (AvgIpc) is 2.79. The van der Waals surface area contributed by atoms with Crippen LogP contribution >= 0.6 is 0 Å². The number of carbonyl (C=O) groups is 1. The first kappa shape index (κ1) is 14.3. The normalized spacial score (nSPS) is 12.2. The van der Waals surface area contributed by atoms with Crippen molar-refractivity contribution in [3.8, 4) is 0 Å². The summed E-state index contributed by atoms with van der Waals surface area (Å²) in [5.74, 6) is -0.839. The maximum Gasteiger partial charge on any atom is 0.435 e. The summed E-state index contributed by atoms with van der Waals surface area (Å²) in [7, 11) is 1.18. The molecule has 0 saturated heterocycles. The van der Waals surface area contributed by atoms with E-state index in [0.29, 0.717) is 5.69 Å². The summed E-state index contributed by atoms with van der Waals surface area (Å²) < 4.78 is 43.7. The molecule has 8 heteroatoms. The zero-order valence-corrected chi connectivity index (χ0v) is 11.0. The highest BCUT2D eigenvalue weighted by Crippen LogP contribution is 2.29. The second kappa shape index (κ2) is 4.77. The molecule has 0 radical (unpaired) electrons. The first-order valence-electron chi connectivity index (χ1n) is 5.80. The number of aromatic nitrogens is 3. The van der Waals surface area contributed by atoms with Gasteiger partial charge in [0.15, 0.2) is 17.0 Å². The molecule has 2 aromatic heterocycles. The monoisotopic (exact) mass is 287 g/mol. The number of fused-ring (bicyclic) bond motifs is 1. The molecular weight excluding hydrogens is 275 g/mol. The van der Waals surface area contributed by atoms with Crippen LogP contribution in [0.15, 0.2) is 12.1 Å². The Labute approximate surface area is 112 Å². The molecule has 0 fully saturated rings. The van der Waals surface area contributed by atoms with Crippen molar-refractivity contribution in [2.75, 3.05) is 7.11 Å². The van der Waals surface area contributed by atoms with E-state index in [-0.39, 0.29) is 17.3 Å². The fraction of sp³-hybridized carbons (Fsp3) is 0.417. The molecule has 0 aromatic carbocycles. The Morgan fingerprint density at radius 2 is 2.00 bits per heavy atom. The number of rotatable bonds is 2. The number of alkyl halides is 3. The minimum atomic E-state index is -4.56. The molecule has 2 heterocycles. The Hall–Kier alpha value is -2.12. The molecule has 0 N–H and O–H groups in total. The lowest BCUT2D eigenvalue weighted by molar-refractivity contribution is -0.141. The van der Waals surface area contributed by atoms with E-state index >= 15 is 0 Å². The molecule has 0 unspecified atom stereocenters. The van der Waals surface area contributed by atoms with Gasteiger partial charge in [-0.3, -0.25) is 0 Å². The first-order valence-corrected chi connectivity index (χ1v) is 5.80. The summed E-state index contributed by atoms with van der Waals surface area (Å²) in [5, 5.41) is 3.51. The van der Waals surface area contributed by atoms with Crippen molar-refractivity contribution in [1.29, 1.82) is 0 Å². The van der Waals surface area contributed by atoms with E-state index in [1.54, 1.807) is 13.8 Å². The van der Waals surface area contributed by atoms with E-state index in [0.717, 1.165) is 10.6 Å². The van der Waals surface area contributed by atoms with Crippen LogP contribution in [0.2, 0.25) is 0 Å². The van der Waals surface area contributed by atoms with Gasteiger partial charge in [0.05, 0.1) is 7.11 Å². The Bertz CT molecular complexity index is 662. The summed E-state index contributed by atoms with van der Waals surface area (Å²) in [4.78, 5) is 15.3. The van der Waals surface area contributed by atoms with E-state index in [2.05, 4.69) is 14.8 Å². The molecule has 2 aromatic rings. The topological polar surface area (TPSA) is 56.5 Å². The van der Waals surface area contributed by atoms with Crippen LogP contribution in [-0.2, 0) is 10.9 Å². The van der Waals surface area contributed by atoms with Gasteiger partial charge in [0.2, 0.25) is 0 Å². The Morgan fingerprint density at radius 3 is 2.50 bits per heavy atom. The van der Waals surface area contributed by atoms with Crippen LogP contribution in [0.4, 0.5) is 13.2 Å². The molecule has 0 aliphatic carbocycles. The van der Waals surface area contributed by atoms with Crippen molar-refractivity contribution in [2.24, 2.45) is 0 Å². The molecule has 0 bridgehead atoms. The van der Waals surface area contributed by atoms with Gasteiger partial charge < -0.3 is 4.74 Å². The van der Waals surface area contributed by atoms with E-state index in [1.807, 2.05) is 0 Å². The van der Waals surface area contributed by atoms with E-state index in [9.17, 15) is 18.0 Å². The Kier molecular flexibility index (Phi) is 3.41. The predicted octanol–water partition coefficient (Wildman–Crippen LogP) is 2.66. The fourth-order valence-electron chi connectivity index (χ4n) is 1.76. The average molecular weight is 287 g/mol. The van der Waals surface area contributed by atoms with E-state index in [1.165, 1.54) is 13.2 Å². The number of halogens is 3. The largest absolute Gasteiger partial charge is 0.464 e. The Morgan fingerprint density at radius 1 is 1.35 bits per heavy atom. The second-order valence-corrected chi connectivity index (χ2v) is 4.51. The molecule has 2 rings (SSSR count). The minimum absolute atomic E-state index is 0.0380. The number of hydrogen-bond acceptors (Lipinski definition) is 4. The summed E-state index contributed by atoms with van der Waals surface area (Å²) in [5.41, 5.74) is -0.680. The van der Waals surface area contributed by atoms with Gasteiger partial charge >= 0.3 is 12.1 Å². The van der Waals surface area contributed by atoms with Crippen molar-refractivity contribution in [1.82, 2.24) is 14.6 Å². The first-order chi connectivity index (χ1) is 9.24. The van der Waals surface area contributed by atoms with Gasteiger partial charge in [0.25, 0.3) is 0 Å². The standard InChI is InChI=1S/C12H12F3N3O2/c1-6(2)8-4-7(11(19)20-3)16-10-5-9(12(13,14)15)17-18(8)10/h4-6H,1-3H3. The van der Waals surface area contributed by atoms with Crippen LogP contribution in [-0.4, -0.2) is 27.7 Å². The molecule has 0 atom stereocenters. The van der Waals surface area contributed by atoms with E-state index < -0.39 is 17.8 Å². The third kappa shape index (κ3) is 2.45. The molecule has 0 spiro atoms. The van der Waals surface area contributed by atoms with Gasteiger partial charge in [-0.25, -0.2) is 14.3 Å². The van der Waals surface area contributed by atoms with Gasteiger partial charge in [-0.2, -0.15) is 18.3 Å². The van der Waals surface area contributed by atoms with E-state index in [4.69, 9.17) is 0 Å². The molecule has 0 amide bonds. The lowest BCUT2D eigenvalue weighted by Gasteiger charge is -2.09. The summed E-state index contributed by atoms with van der Waals surface area (Å²) in [6, 6.07) is 2.19. The van der Waals surface area contributed by atoms with Crippen molar-refractivity contribution in [3.05, 3.63) is 29.2 Å². The molecule has 0 aliphatic heterocycles. The highest BCUT2D eigenvalue weighted by molar-refractivity contribution is 5.87. The van der Waals surface area contributed by atoms with Crippen molar-refractivity contribution >= 4 is 11.6 Å². The second-order valence-electron chi connectivity index (χ2n) is 4.51. The summed E-state index contributed by atoms with van der Waals surface area (Å²) >= 11 is 0. The zero-order valence-electron chi connectivity index (χ0n) is 11.0. The summed E-state index contributed by atoms with van der Waals surface area (Å²) in [6.07, 6.45) is -4.56. The van der Waals surface area contributed by atoms with Gasteiger partial charge in [0, 0.05) is 11.8 Å². The third-order valence-corrected chi connectivity index (χ3v) is 2.73. The van der Waals surface area contributed by atoms with Crippen LogP contribution < -0.4 is 0 Å².